The lowest BCUT2D eigenvalue weighted by atomic mass is 9.93. The number of ether oxygens (including phenoxy) is 2. The molecule has 5 rings (SSSR count). The number of hydrogen-bond donors (Lipinski definition) is 1. The second kappa shape index (κ2) is 9.52. The number of pyridine rings is 1. The number of halogens is 1. The van der Waals surface area contributed by atoms with Gasteiger partial charge in [-0.3, -0.25) is 10.3 Å². The number of nitrogens with zero attached hydrogens (tertiary/aromatic N) is 4. The summed E-state index contributed by atoms with van der Waals surface area (Å²) in [5, 5.41) is 14.7. The largest absolute Gasteiger partial charge is 0.444 e. The molecule has 1 aromatic carbocycles. The number of thiophene rings is 1. The van der Waals surface area contributed by atoms with E-state index in [9.17, 15) is 10.1 Å². The van der Waals surface area contributed by atoms with Gasteiger partial charge in [0, 0.05) is 33.4 Å². The Morgan fingerprint density at radius 2 is 2.05 bits per heavy atom. The van der Waals surface area contributed by atoms with Crippen molar-refractivity contribution in [3.8, 4) is 17.3 Å². The zero-order valence-corrected chi connectivity index (χ0v) is 22.6. The van der Waals surface area contributed by atoms with Crippen molar-refractivity contribution >= 4 is 55.2 Å². The van der Waals surface area contributed by atoms with Crippen molar-refractivity contribution in [2.75, 3.05) is 11.1 Å². The van der Waals surface area contributed by atoms with E-state index in [0.717, 1.165) is 21.6 Å². The predicted octanol–water partition coefficient (Wildman–Crippen LogP) is 6.71. The van der Waals surface area contributed by atoms with E-state index in [1.54, 1.807) is 33.2 Å². The highest BCUT2D eigenvalue weighted by Crippen LogP contribution is 2.46. The van der Waals surface area contributed by atoms with Crippen molar-refractivity contribution in [3.05, 3.63) is 40.5 Å². The number of benzene rings is 1. The molecular weight excluding hydrogens is 513 g/mol. The second-order valence-electron chi connectivity index (χ2n) is 9.53. The second-order valence-corrected chi connectivity index (χ2v) is 11.8. The van der Waals surface area contributed by atoms with E-state index in [0.29, 0.717) is 38.8 Å². The molecule has 190 valence electrons. The smallest absolute Gasteiger partial charge is 0.412 e. The van der Waals surface area contributed by atoms with Crippen molar-refractivity contribution in [1.82, 2.24) is 15.0 Å². The van der Waals surface area contributed by atoms with Crippen molar-refractivity contribution in [3.63, 3.8) is 0 Å². The molecule has 3 aromatic heterocycles. The van der Waals surface area contributed by atoms with E-state index in [4.69, 9.17) is 9.47 Å². The molecule has 4 heterocycles. The number of aryl methyl sites for hydroxylation is 1. The minimum absolute atomic E-state index is 0.196. The summed E-state index contributed by atoms with van der Waals surface area (Å²) in [6, 6.07) is 2.19. The molecule has 0 unspecified atom stereocenters. The normalized spacial score (nSPS) is 13.1. The van der Waals surface area contributed by atoms with Gasteiger partial charge >= 0.3 is 6.09 Å². The van der Waals surface area contributed by atoms with E-state index >= 15 is 4.39 Å². The molecule has 11 heteroatoms. The lowest BCUT2D eigenvalue weighted by Crippen LogP contribution is -2.27. The molecule has 1 amide bonds. The summed E-state index contributed by atoms with van der Waals surface area (Å²) in [6.07, 6.45) is 2.62. The number of aromatic nitrogens is 3. The molecule has 4 aromatic rings. The number of carbonyl (C=O) groups is 1. The molecule has 1 N–H and O–H groups in total. The van der Waals surface area contributed by atoms with Gasteiger partial charge in [-0.05, 0) is 50.1 Å². The third-order valence-corrected chi connectivity index (χ3v) is 7.79. The number of anilines is 1. The zero-order chi connectivity index (χ0) is 26.5. The standard InChI is InChI=1S/C26H24FN5O3S2/c1-6-36-24-30-9-14-15-10-34-11-16(15)17(19(27)20(14)31-24)21-18-13(7-28)23(32-25(33)35-26(3,4)5)37-22(18)12(2)8-29-21/h8-9H,6,10-11H2,1-5H3,(H,32,33). The van der Waals surface area contributed by atoms with E-state index in [1.165, 1.54) is 23.1 Å². The molecule has 0 atom stereocenters. The van der Waals surface area contributed by atoms with Gasteiger partial charge in [0.05, 0.1) is 24.5 Å². The Balaban J connectivity index is 1.77. The van der Waals surface area contributed by atoms with Crippen molar-refractivity contribution in [2.45, 2.75) is 58.6 Å². The Kier molecular flexibility index (Phi) is 6.52. The van der Waals surface area contributed by atoms with E-state index in [2.05, 4.69) is 26.3 Å². The van der Waals surface area contributed by atoms with E-state index in [1.807, 2.05) is 13.8 Å². The van der Waals surface area contributed by atoms with Crippen LogP contribution in [0.5, 0.6) is 0 Å². The summed E-state index contributed by atoms with van der Waals surface area (Å²) < 4.78 is 28.2. The van der Waals surface area contributed by atoms with Gasteiger partial charge in [-0.25, -0.2) is 19.2 Å². The highest BCUT2D eigenvalue weighted by Gasteiger charge is 2.30. The molecule has 0 saturated heterocycles. The summed E-state index contributed by atoms with van der Waals surface area (Å²) in [5.41, 5.74) is 2.55. The Morgan fingerprint density at radius 1 is 1.30 bits per heavy atom. The molecule has 8 nitrogen and oxygen atoms in total. The van der Waals surface area contributed by atoms with Crippen molar-refractivity contribution < 1.29 is 18.7 Å². The summed E-state index contributed by atoms with van der Waals surface area (Å²) >= 11 is 2.66. The molecule has 37 heavy (non-hydrogen) atoms. The van der Waals surface area contributed by atoms with Crippen LogP contribution in [-0.2, 0) is 22.7 Å². The van der Waals surface area contributed by atoms with Crippen LogP contribution >= 0.6 is 23.1 Å². The number of thioether (sulfide) groups is 1. The summed E-state index contributed by atoms with van der Waals surface area (Å²) in [5.74, 6) is 0.219. The van der Waals surface area contributed by atoms with Crippen LogP contribution in [-0.4, -0.2) is 32.4 Å². The average Bonchev–Trinajstić information content (AvgIpc) is 3.45. The fourth-order valence-electron chi connectivity index (χ4n) is 4.34. The third kappa shape index (κ3) is 4.50. The van der Waals surface area contributed by atoms with Gasteiger partial charge in [0.25, 0.3) is 0 Å². The molecule has 0 bridgehead atoms. The lowest BCUT2D eigenvalue weighted by molar-refractivity contribution is 0.0636. The maximum atomic E-state index is 16.3. The highest BCUT2D eigenvalue weighted by atomic mass is 32.2. The first kappa shape index (κ1) is 25.3. The van der Waals surface area contributed by atoms with E-state index < -0.39 is 17.5 Å². The van der Waals surface area contributed by atoms with Crippen LogP contribution in [0.1, 0.15) is 49.9 Å². The summed E-state index contributed by atoms with van der Waals surface area (Å²) in [4.78, 5) is 26.0. The van der Waals surface area contributed by atoms with Crippen LogP contribution in [0.3, 0.4) is 0 Å². The molecule has 1 aliphatic heterocycles. The monoisotopic (exact) mass is 537 g/mol. The van der Waals surface area contributed by atoms with Crippen LogP contribution in [0, 0.1) is 24.1 Å². The molecule has 1 aliphatic rings. The Labute approximate surface area is 221 Å². The maximum Gasteiger partial charge on any atom is 0.412 e. The van der Waals surface area contributed by atoms with Crippen molar-refractivity contribution in [1.29, 1.82) is 5.26 Å². The Bertz CT molecular complexity index is 1620. The number of nitriles is 1. The van der Waals surface area contributed by atoms with Crippen LogP contribution in [0.4, 0.5) is 14.2 Å². The highest BCUT2D eigenvalue weighted by molar-refractivity contribution is 7.99. The van der Waals surface area contributed by atoms with Crippen molar-refractivity contribution in [2.24, 2.45) is 0 Å². The minimum atomic E-state index is -0.707. The Hall–Kier alpha value is -3.33. The number of hydrogen-bond acceptors (Lipinski definition) is 9. The fourth-order valence-corrected chi connectivity index (χ4v) is 5.99. The predicted molar refractivity (Wildman–Crippen MR) is 142 cm³/mol. The van der Waals surface area contributed by atoms with Crippen LogP contribution in [0.25, 0.3) is 32.2 Å². The van der Waals surface area contributed by atoms with Gasteiger partial charge in [0.2, 0.25) is 0 Å². The van der Waals surface area contributed by atoms with E-state index in [-0.39, 0.29) is 23.3 Å². The topological polar surface area (TPSA) is 110 Å². The van der Waals surface area contributed by atoms with Gasteiger partial charge < -0.3 is 9.47 Å². The van der Waals surface area contributed by atoms with Gasteiger partial charge in [0.15, 0.2) is 11.0 Å². The molecular formula is C26H24FN5O3S2. The van der Waals surface area contributed by atoms with Crippen LogP contribution < -0.4 is 5.32 Å². The van der Waals surface area contributed by atoms with Gasteiger partial charge in [-0.1, -0.05) is 18.7 Å². The number of rotatable bonds is 4. The maximum absolute atomic E-state index is 16.3. The SMILES string of the molecule is CCSc1ncc2c3c(c(-c4ncc(C)c5sc(NC(=O)OC(C)(C)C)c(C#N)c45)c(F)c2n1)COC3. The molecule has 0 fully saturated rings. The number of nitrogens with one attached hydrogen (secondary N) is 1. The van der Waals surface area contributed by atoms with Gasteiger partial charge in [0.1, 0.15) is 22.2 Å². The summed E-state index contributed by atoms with van der Waals surface area (Å²) in [7, 11) is 0. The Morgan fingerprint density at radius 3 is 2.76 bits per heavy atom. The quantitative estimate of drug-likeness (QED) is 0.226. The third-order valence-electron chi connectivity index (χ3n) is 5.81. The van der Waals surface area contributed by atoms with Crippen LogP contribution in [0.2, 0.25) is 0 Å². The molecule has 0 saturated carbocycles. The first-order valence-corrected chi connectivity index (χ1v) is 13.5. The minimum Gasteiger partial charge on any atom is -0.444 e. The lowest BCUT2D eigenvalue weighted by Gasteiger charge is -2.19. The summed E-state index contributed by atoms with van der Waals surface area (Å²) in [6.45, 7) is 9.62. The molecule has 0 spiro atoms. The average molecular weight is 538 g/mol. The van der Waals surface area contributed by atoms with Gasteiger partial charge in [-0.15, -0.1) is 11.3 Å². The first-order valence-electron chi connectivity index (χ1n) is 11.7. The van der Waals surface area contributed by atoms with Crippen LogP contribution in [0.15, 0.2) is 17.6 Å². The zero-order valence-electron chi connectivity index (χ0n) is 21.0. The fraction of sp³-hybridized carbons (Fsp3) is 0.346. The number of carbonyl (C=O) groups excluding carboxylic acids is 1. The first-order chi connectivity index (χ1) is 17.6. The van der Waals surface area contributed by atoms with Gasteiger partial charge in [-0.2, -0.15) is 5.26 Å². The molecule has 0 aliphatic carbocycles. The molecule has 0 radical (unpaired) electrons. The number of fused-ring (bicyclic) bond motifs is 4. The number of amides is 1.